The molecule has 0 aliphatic rings. The molecule has 0 amide bonds. The molecule has 0 bridgehead atoms. The highest BCUT2D eigenvalue weighted by atomic mass is 32.1. The molecule has 0 aliphatic heterocycles. The predicted molar refractivity (Wildman–Crippen MR) is 94.5 cm³/mol. The van der Waals surface area contributed by atoms with Crippen molar-refractivity contribution in [1.82, 2.24) is 0 Å². The van der Waals surface area contributed by atoms with Gasteiger partial charge in [0.25, 0.3) is 0 Å². The molecule has 0 atom stereocenters. The number of rotatable bonds is 15. The first-order valence-electron chi connectivity index (χ1n) is 8.90. The highest BCUT2D eigenvalue weighted by Crippen LogP contribution is 2.12. The Balaban J connectivity index is 2.94. The third-order valence-electron chi connectivity index (χ3n) is 3.80. The van der Waals surface area contributed by atoms with Gasteiger partial charge in [0.1, 0.15) is 0 Å². The molecule has 20 heavy (non-hydrogen) atoms. The number of hydrogen-bond donors (Lipinski definition) is 0. The molecule has 0 aliphatic carbocycles. The molecular weight excluding hydrogens is 264 g/mol. The number of thiocarbonyl (C=S) groups is 1. The minimum atomic E-state index is 0.680. The van der Waals surface area contributed by atoms with E-state index in [0.29, 0.717) is 5.05 Å². The topological polar surface area (TPSA) is 9.23 Å². The first-order valence-corrected chi connectivity index (χ1v) is 9.31. The van der Waals surface area contributed by atoms with E-state index in [1.54, 1.807) is 0 Å². The maximum atomic E-state index is 5.28. The summed E-state index contributed by atoms with van der Waals surface area (Å²) < 4.78 is 5.28. The quantitative estimate of drug-likeness (QED) is 0.242. The van der Waals surface area contributed by atoms with Gasteiger partial charge in [-0.15, -0.1) is 0 Å². The van der Waals surface area contributed by atoms with Crippen LogP contribution in [0.4, 0.5) is 0 Å². The minimum absolute atomic E-state index is 0.680. The van der Waals surface area contributed by atoms with Crippen molar-refractivity contribution in [2.75, 3.05) is 6.61 Å². The van der Waals surface area contributed by atoms with Crippen molar-refractivity contribution in [3.8, 4) is 0 Å². The lowest BCUT2D eigenvalue weighted by Crippen LogP contribution is -1.97. The summed E-state index contributed by atoms with van der Waals surface area (Å²) in [4.78, 5) is 0. The van der Waals surface area contributed by atoms with Crippen LogP contribution in [0.25, 0.3) is 0 Å². The Labute approximate surface area is 132 Å². The summed E-state index contributed by atoms with van der Waals surface area (Å²) in [5.74, 6) is 0. The van der Waals surface area contributed by atoms with Gasteiger partial charge >= 0.3 is 0 Å². The average Bonchev–Trinajstić information content (AvgIpc) is 2.43. The van der Waals surface area contributed by atoms with E-state index in [-0.39, 0.29) is 0 Å². The van der Waals surface area contributed by atoms with Crippen molar-refractivity contribution < 1.29 is 4.74 Å². The van der Waals surface area contributed by atoms with E-state index in [2.05, 4.69) is 6.92 Å². The molecule has 0 heterocycles. The Morgan fingerprint density at radius 3 is 1.35 bits per heavy atom. The summed E-state index contributed by atoms with van der Waals surface area (Å²) in [6, 6.07) is 0. The molecule has 120 valence electrons. The zero-order chi connectivity index (χ0) is 14.9. The fourth-order valence-corrected chi connectivity index (χ4v) is 2.60. The Hall–Kier alpha value is -0.110. The van der Waals surface area contributed by atoms with Crippen LogP contribution in [0.3, 0.4) is 0 Å². The van der Waals surface area contributed by atoms with Gasteiger partial charge in [-0.25, -0.2) is 0 Å². The zero-order valence-corrected chi connectivity index (χ0v) is 14.7. The Kier molecular flexibility index (Phi) is 16.8. The van der Waals surface area contributed by atoms with Crippen molar-refractivity contribution in [3.63, 3.8) is 0 Å². The van der Waals surface area contributed by atoms with E-state index in [1.165, 1.54) is 83.5 Å². The lowest BCUT2D eigenvalue weighted by Gasteiger charge is -2.04. The third kappa shape index (κ3) is 17.9. The van der Waals surface area contributed by atoms with Gasteiger partial charge in [-0.05, 0) is 18.6 Å². The Morgan fingerprint density at radius 2 is 1.00 bits per heavy atom. The van der Waals surface area contributed by atoms with Crippen LogP contribution in [0.5, 0.6) is 0 Å². The highest BCUT2D eigenvalue weighted by molar-refractivity contribution is 7.80. The van der Waals surface area contributed by atoms with E-state index in [4.69, 9.17) is 17.0 Å². The molecule has 1 nitrogen and oxygen atoms in total. The zero-order valence-electron chi connectivity index (χ0n) is 13.9. The van der Waals surface area contributed by atoms with E-state index >= 15 is 0 Å². The lowest BCUT2D eigenvalue weighted by molar-refractivity contribution is 0.297. The van der Waals surface area contributed by atoms with Crippen LogP contribution in [0.15, 0.2) is 0 Å². The summed E-state index contributed by atoms with van der Waals surface area (Å²) in [5.41, 5.74) is 0. The van der Waals surface area contributed by atoms with Gasteiger partial charge in [0.15, 0.2) is 5.05 Å². The molecular formula is C18H36OS. The molecule has 0 fully saturated rings. The van der Waals surface area contributed by atoms with Crippen LogP contribution in [0.1, 0.15) is 104 Å². The molecule has 0 spiro atoms. The van der Waals surface area contributed by atoms with Crippen molar-refractivity contribution in [3.05, 3.63) is 0 Å². The van der Waals surface area contributed by atoms with Gasteiger partial charge in [-0.2, -0.15) is 0 Å². The maximum absolute atomic E-state index is 5.28. The molecule has 0 aromatic rings. The number of ether oxygens (including phenoxy) is 1. The molecule has 0 rings (SSSR count). The fourth-order valence-electron chi connectivity index (χ4n) is 2.51. The monoisotopic (exact) mass is 300 g/mol. The molecule has 0 radical (unpaired) electrons. The first kappa shape index (κ1) is 19.9. The normalized spacial score (nSPS) is 10.7. The molecule has 0 saturated heterocycles. The van der Waals surface area contributed by atoms with Crippen molar-refractivity contribution >= 4 is 17.3 Å². The van der Waals surface area contributed by atoms with E-state index < -0.39 is 0 Å². The minimum Gasteiger partial charge on any atom is -0.487 e. The first-order chi connectivity index (χ1) is 9.77. The van der Waals surface area contributed by atoms with Gasteiger partial charge in [-0.1, -0.05) is 90.4 Å². The maximum Gasteiger partial charge on any atom is 0.156 e. The Bertz CT molecular complexity index is 204. The van der Waals surface area contributed by atoms with E-state index in [1.807, 2.05) is 6.92 Å². The van der Waals surface area contributed by atoms with Gasteiger partial charge in [0.05, 0.1) is 6.61 Å². The van der Waals surface area contributed by atoms with Crippen LogP contribution < -0.4 is 0 Å². The summed E-state index contributed by atoms with van der Waals surface area (Å²) in [6.45, 7) is 4.94. The second-order valence-corrected chi connectivity index (χ2v) is 6.51. The van der Waals surface area contributed by atoms with Crippen molar-refractivity contribution in [2.45, 2.75) is 104 Å². The highest BCUT2D eigenvalue weighted by Gasteiger charge is 1.94. The summed E-state index contributed by atoms with van der Waals surface area (Å²) in [7, 11) is 0. The van der Waals surface area contributed by atoms with Gasteiger partial charge in [0, 0.05) is 6.92 Å². The number of hydrogen-bond acceptors (Lipinski definition) is 2. The van der Waals surface area contributed by atoms with Crippen molar-refractivity contribution in [1.29, 1.82) is 0 Å². The molecule has 0 aromatic heterocycles. The molecule has 0 unspecified atom stereocenters. The molecule has 0 saturated carbocycles. The Morgan fingerprint density at radius 1 is 0.650 bits per heavy atom. The van der Waals surface area contributed by atoms with Gasteiger partial charge in [-0.3, -0.25) is 0 Å². The third-order valence-corrected chi connectivity index (χ3v) is 3.92. The van der Waals surface area contributed by atoms with Crippen LogP contribution in [0.2, 0.25) is 0 Å². The van der Waals surface area contributed by atoms with E-state index in [0.717, 1.165) is 13.0 Å². The predicted octanol–water partition coefficient (Wildman–Crippen LogP) is 6.83. The second kappa shape index (κ2) is 16.9. The molecule has 0 aromatic carbocycles. The molecule has 2 heteroatoms. The number of unbranched alkanes of at least 4 members (excludes halogenated alkanes) is 13. The lowest BCUT2D eigenvalue weighted by atomic mass is 10.0. The van der Waals surface area contributed by atoms with Crippen LogP contribution in [0, 0.1) is 0 Å². The van der Waals surface area contributed by atoms with E-state index in [9.17, 15) is 0 Å². The SMILES string of the molecule is CCCCCCCCCCCCCCCCOC(C)=S. The average molecular weight is 301 g/mol. The summed E-state index contributed by atoms with van der Waals surface area (Å²) in [5, 5.41) is 0.680. The van der Waals surface area contributed by atoms with Crippen LogP contribution in [-0.2, 0) is 4.74 Å². The largest absolute Gasteiger partial charge is 0.487 e. The second-order valence-electron chi connectivity index (χ2n) is 5.94. The summed E-state index contributed by atoms with van der Waals surface area (Å²) >= 11 is 4.87. The van der Waals surface area contributed by atoms with Gasteiger partial charge < -0.3 is 4.74 Å². The molecule has 0 N–H and O–H groups in total. The van der Waals surface area contributed by atoms with Crippen molar-refractivity contribution in [2.24, 2.45) is 0 Å². The summed E-state index contributed by atoms with van der Waals surface area (Å²) in [6.07, 6.45) is 19.6. The van der Waals surface area contributed by atoms with Crippen LogP contribution in [-0.4, -0.2) is 11.7 Å². The fraction of sp³-hybridized carbons (Fsp3) is 0.944. The standard InChI is InChI=1S/C18H36OS/c1-3-4-5-6-7-8-9-10-11-12-13-14-15-16-17-19-18(2)20/h3-17H2,1-2H3. The van der Waals surface area contributed by atoms with Crippen LogP contribution >= 0.6 is 12.2 Å². The smallest absolute Gasteiger partial charge is 0.156 e. The van der Waals surface area contributed by atoms with Gasteiger partial charge in [0.2, 0.25) is 0 Å².